The highest BCUT2D eigenvalue weighted by atomic mass is 32.2. The van der Waals surface area contributed by atoms with Crippen LogP contribution in [-0.2, 0) is 9.84 Å². The van der Waals surface area contributed by atoms with Crippen LogP contribution in [0.25, 0.3) is 0 Å². The smallest absolute Gasteiger partial charge is 0.177 e. The molecule has 0 heterocycles. The molecule has 0 spiro atoms. The van der Waals surface area contributed by atoms with Gasteiger partial charge in [0.15, 0.2) is 9.84 Å². The number of rotatable bonds is 6. The van der Waals surface area contributed by atoms with E-state index in [9.17, 15) is 8.42 Å². The second kappa shape index (κ2) is 6.31. The largest absolute Gasteiger partial charge is 0.384 e. The zero-order chi connectivity index (χ0) is 12.7. The molecular formula is C13H17NO2S. The van der Waals surface area contributed by atoms with Gasteiger partial charge in [-0.05, 0) is 25.0 Å². The lowest BCUT2D eigenvalue weighted by Gasteiger charge is -2.10. The van der Waals surface area contributed by atoms with Gasteiger partial charge in [0.25, 0.3) is 0 Å². The maximum atomic E-state index is 11.5. The van der Waals surface area contributed by atoms with E-state index in [2.05, 4.69) is 11.2 Å². The SMILES string of the molecule is C#CCCCCNc1ccccc1S(C)(=O)=O. The molecule has 0 aliphatic carbocycles. The van der Waals surface area contributed by atoms with Gasteiger partial charge in [-0.3, -0.25) is 0 Å². The van der Waals surface area contributed by atoms with Crippen LogP contribution < -0.4 is 5.32 Å². The maximum Gasteiger partial charge on any atom is 0.177 e. The van der Waals surface area contributed by atoms with Crippen LogP contribution in [0.1, 0.15) is 19.3 Å². The number of para-hydroxylation sites is 1. The summed E-state index contributed by atoms with van der Waals surface area (Å²) < 4.78 is 23.0. The molecule has 17 heavy (non-hydrogen) atoms. The molecule has 0 aliphatic heterocycles. The van der Waals surface area contributed by atoms with Crippen LogP contribution in [0.3, 0.4) is 0 Å². The van der Waals surface area contributed by atoms with Gasteiger partial charge in [-0.1, -0.05) is 12.1 Å². The zero-order valence-corrected chi connectivity index (χ0v) is 10.8. The van der Waals surface area contributed by atoms with Crippen LogP contribution in [0.2, 0.25) is 0 Å². The highest BCUT2D eigenvalue weighted by molar-refractivity contribution is 7.90. The fourth-order valence-electron chi connectivity index (χ4n) is 1.51. The van der Waals surface area contributed by atoms with Crippen molar-refractivity contribution in [1.29, 1.82) is 0 Å². The highest BCUT2D eigenvalue weighted by Crippen LogP contribution is 2.20. The molecule has 0 unspecified atom stereocenters. The summed E-state index contributed by atoms with van der Waals surface area (Å²) in [4.78, 5) is 0.344. The van der Waals surface area contributed by atoms with Crippen LogP contribution >= 0.6 is 0 Å². The molecule has 1 N–H and O–H groups in total. The second-order valence-corrected chi connectivity index (χ2v) is 5.84. The first kappa shape index (κ1) is 13.6. The lowest BCUT2D eigenvalue weighted by atomic mass is 10.2. The van der Waals surface area contributed by atoms with Crippen LogP contribution in [0.4, 0.5) is 5.69 Å². The summed E-state index contributed by atoms with van der Waals surface area (Å²) in [6.07, 6.45) is 9.01. The van der Waals surface area contributed by atoms with Gasteiger partial charge in [0.2, 0.25) is 0 Å². The molecule has 1 rings (SSSR count). The molecule has 0 fully saturated rings. The minimum atomic E-state index is -3.18. The average Bonchev–Trinajstić information content (AvgIpc) is 2.28. The summed E-state index contributed by atoms with van der Waals surface area (Å²) in [5.41, 5.74) is 0.663. The van der Waals surface area contributed by atoms with Crippen molar-refractivity contribution in [3.8, 4) is 12.3 Å². The van der Waals surface area contributed by atoms with E-state index in [-0.39, 0.29) is 0 Å². The van der Waals surface area contributed by atoms with E-state index in [0.717, 1.165) is 25.8 Å². The third-order valence-electron chi connectivity index (χ3n) is 2.35. The molecule has 3 nitrogen and oxygen atoms in total. The summed E-state index contributed by atoms with van der Waals surface area (Å²) >= 11 is 0. The van der Waals surface area contributed by atoms with E-state index in [1.807, 2.05) is 6.07 Å². The Labute approximate surface area is 103 Å². The number of nitrogens with one attached hydrogen (secondary N) is 1. The lowest BCUT2D eigenvalue weighted by molar-refractivity contribution is 0.602. The third kappa shape index (κ3) is 4.49. The highest BCUT2D eigenvalue weighted by Gasteiger charge is 2.11. The zero-order valence-electron chi connectivity index (χ0n) is 9.94. The molecule has 0 radical (unpaired) electrons. The van der Waals surface area contributed by atoms with Crippen LogP contribution in [0.5, 0.6) is 0 Å². The number of benzene rings is 1. The first-order valence-electron chi connectivity index (χ1n) is 5.52. The summed E-state index contributed by atoms with van der Waals surface area (Å²) in [7, 11) is -3.18. The van der Waals surface area contributed by atoms with Gasteiger partial charge in [-0.15, -0.1) is 12.3 Å². The van der Waals surface area contributed by atoms with Crippen molar-refractivity contribution in [2.24, 2.45) is 0 Å². The number of terminal acetylenes is 1. The minimum absolute atomic E-state index is 0.344. The Morgan fingerprint density at radius 3 is 2.65 bits per heavy atom. The van der Waals surface area contributed by atoms with E-state index in [4.69, 9.17) is 6.42 Å². The van der Waals surface area contributed by atoms with Gasteiger partial charge < -0.3 is 5.32 Å². The summed E-state index contributed by atoms with van der Waals surface area (Å²) in [5.74, 6) is 2.58. The molecule has 0 atom stereocenters. The summed E-state index contributed by atoms with van der Waals surface area (Å²) in [6.45, 7) is 0.730. The van der Waals surface area contributed by atoms with Crippen LogP contribution in [0.15, 0.2) is 29.2 Å². The van der Waals surface area contributed by atoms with E-state index in [1.165, 1.54) is 6.26 Å². The molecule has 1 aromatic carbocycles. The van der Waals surface area contributed by atoms with Crippen molar-refractivity contribution in [1.82, 2.24) is 0 Å². The van der Waals surface area contributed by atoms with Gasteiger partial charge in [0.05, 0.1) is 10.6 Å². The van der Waals surface area contributed by atoms with Crippen molar-refractivity contribution < 1.29 is 8.42 Å². The summed E-state index contributed by atoms with van der Waals surface area (Å²) in [5, 5.41) is 3.13. The fraction of sp³-hybridized carbons (Fsp3) is 0.385. The molecule has 0 saturated heterocycles. The van der Waals surface area contributed by atoms with Crippen molar-refractivity contribution in [2.45, 2.75) is 24.2 Å². The van der Waals surface area contributed by atoms with E-state index in [1.54, 1.807) is 18.2 Å². The van der Waals surface area contributed by atoms with E-state index >= 15 is 0 Å². The van der Waals surface area contributed by atoms with Crippen molar-refractivity contribution in [3.63, 3.8) is 0 Å². The molecule has 0 aromatic heterocycles. The molecule has 0 amide bonds. The standard InChI is InChI=1S/C13H17NO2S/c1-3-4-5-8-11-14-12-9-6-7-10-13(12)17(2,15)16/h1,6-7,9-10,14H,4-5,8,11H2,2H3. The lowest BCUT2D eigenvalue weighted by Crippen LogP contribution is -2.07. The Hall–Kier alpha value is -1.47. The molecular weight excluding hydrogens is 234 g/mol. The summed E-state index contributed by atoms with van der Waals surface area (Å²) in [6, 6.07) is 6.93. The Bertz CT molecular complexity index is 500. The van der Waals surface area contributed by atoms with Crippen molar-refractivity contribution in [2.75, 3.05) is 18.1 Å². The number of hydrogen-bond acceptors (Lipinski definition) is 3. The van der Waals surface area contributed by atoms with Gasteiger partial charge in [-0.25, -0.2) is 8.42 Å². The Kier molecular flexibility index (Phi) is 5.05. The first-order chi connectivity index (χ1) is 8.05. The number of hydrogen-bond donors (Lipinski definition) is 1. The van der Waals surface area contributed by atoms with Gasteiger partial charge >= 0.3 is 0 Å². The monoisotopic (exact) mass is 251 g/mol. The number of anilines is 1. The molecule has 0 bridgehead atoms. The van der Waals surface area contributed by atoms with E-state index in [0.29, 0.717) is 10.6 Å². The van der Waals surface area contributed by atoms with Crippen LogP contribution in [-0.4, -0.2) is 21.2 Å². The van der Waals surface area contributed by atoms with Gasteiger partial charge in [0.1, 0.15) is 0 Å². The van der Waals surface area contributed by atoms with Crippen molar-refractivity contribution in [3.05, 3.63) is 24.3 Å². The molecule has 4 heteroatoms. The third-order valence-corrected chi connectivity index (χ3v) is 3.50. The Balaban J connectivity index is 2.63. The quantitative estimate of drug-likeness (QED) is 0.623. The topological polar surface area (TPSA) is 46.2 Å². The van der Waals surface area contributed by atoms with Crippen molar-refractivity contribution >= 4 is 15.5 Å². The maximum absolute atomic E-state index is 11.5. The Morgan fingerprint density at radius 1 is 1.29 bits per heavy atom. The fourth-order valence-corrected chi connectivity index (χ4v) is 2.38. The molecule has 0 aliphatic rings. The molecule has 1 aromatic rings. The molecule has 0 saturated carbocycles. The first-order valence-corrected chi connectivity index (χ1v) is 7.41. The van der Waals surface area contributed by atoms with E-state index < -0.39 is 9.84 Å². The predicted octanol–water partition coefficient (Wildman–Crippen LogP) is 2.31. The minimum Gasteiger partial charge on any atom is -0.384 e. The number of sulfone groups is 1. The van der Waals surface area contributed by atoms with Gasteiger partial charge in [0, 0.05) is 19.2 Å². The second-order valence-electron chi connectivity index (χ2n) is 3.86. The number of unbranched alkanes of at least 4 members (excludes halogenated alkanes) is 2. The average molecular weight is 251 g/mol. The normalized spacial score (nSPS) is 10.8. The predicted molar refractivity (Wildman–Crippen MR) is 70.7 cm³/mol. The van der Waals surface area contributed by atoms with Gasteiger partial charge in [-0.2, -0.15) is 0 Å². The molecule has 92 valence electrons. The van der Waals surface area contributed by atoms with Crippen LogP contribution in [0, 0.1) is 12.3 Å². The Morgan fingerprint density at radius 2 is 2.00 bits per heavy atom.